The number of aromatic nitrogens is 1. The van der Waals surface area contributed by atoms with Gasteiger partial charge in [-0.05, 0) is 40.8 Å². The number of rotatable bonds is 3. The van der Waals surface area contributed by atoms with Gasteiger partial charge in [0.2, 0.25) is 0 Å². The van der Waals surface area contributed by atoms with Crippen molar-refractivity contribution in [2.24, 2.45) is 0 Å². The van der Waals surface area contributed by atoms with Gasteiger partial charge in [-0.15, -0.1) is 0 Å². The van der Waals surface area contributed by atoms with Crippen molar-refractivity contribution in [1.29, 1.82) is 0 Å². The second-order valence-corrected chi connectivity index (χ2v) is 5.31. The zero-order chi connectivity index (χ0) is 14.9. The van der Waals surface area contributed by atoms with Gasteiger partial charge in [-0.25, -0.2) is 18.6 Å². The van der Waals surface area contributed by atoms with E-state index in [2.05, 4.69) is 10.3 Å². The normalized spacial score (nSPS) is 10.4. The lowest BCUT2D eigenvalue weighted by atomic mass is 10.2. The monoisotopic (exact) mass is 410 g/mol. The first kappa shape index (κ1) is 14.9. The third kappa shape index (κ3) is 2.98. The minimum Gasteiger partial charge on any atom is -0.478 e. The van der Waals surface area contributed by atoms with Crippen LogP contribution in [0.2, 0.25) is 5.15 Å². The molecule has 0 saturated carbocycles. The summed E-state index contributed by atoms with van der Waals surface area (Å²) in [7, 11) is 0. The first-order chi connectivity index (χ1) is 9.40. The standard InChI is InChI=1S/C12H6ClF2IN2O2/c13-11-9(15)10(6(4-17-11)12(19)20)18-8-2-1-5(16)3-7(8)14/h1-4H,(H,17,18)(H,19,20). The van der Waals surface area contributed by atoms with Gasteiger partial charge in [-0.1, -0.05) is 11.6 Å². The van der Waals surface area contributed by atoms with Crippen LogP contribution >= 0.6 is 34.2 Å². The Morgan fingerprint density at radius 3 is 2.70 bits per heavy atom. The van der Waals surface area contributed by atoms with Gasteiger partial charge < -0.3 is 10.4 Å². The first-order valence-electron chi connectivity index (χ1n) is 5.19. The Hall–Kier alpha value is -1.48. The van der Waals surface area contributed by atoms with Gasteiger partial charge in [0.25, 0.3) is 0 Å². The van der Waals surface area contributed by atoms with Crippen molar-refractivity contribution in [2.45, 2.75) is 0 Å². The minimum absolute atomic E-state index is 0.0610. The third-order valence-corrected chi connectivity index (χ3v) is 3.33. The maximum atomic E-state index is 13.9. The van der Waals surface area contributed by atoms with Crippen molar-refractivity contribution in [3.8, 4) is 0 Å². The molecule has 0 fully saturated rings. The number of nitrogens with one attached hydrogen (secondary N) is 1. The molecule has 104 valence electrons. The third-order valence-electron chi connectivity index (χ3n) is 2.40. The SMILES string of the molecule is O=C(O)c1cnc(Cl)c(F)c1Nc1ccc(I)cc1F. The summed E-state index contributed by atoms with van der Waals surface area (Å²) >= 11 is 7.42. The number of hydrogen-bond acceptors (Lipinski definition) is 3. The Balaban J connectivity index is 2.52. The van der Waals surface area contributed by atoms with Crippen molar-refractivity contribution in [1.82, 2.24) is 4.98 Å². The number of carbonyl (C=O) groups is 1. The number of pyridine rings is 1. The van der Waals surface area contributed by atoms with Gasteiger partial charge in [0.15, 0.2) is 11.0 Å². The van der Waals surface area contributed by atoms with Crippen molar-refractivity contribution >= 4 is 51.5 Å². The fraction of sp³-hybridized carbons (Fsp3) is 0. The molecule has 8 heteroatoms. The summed E-state index contributed by atoms with van der Waals surface area (Å²) < 4.78 is 28.2. The van der Waals surface area contributed by atoms with Crippen LogP contribution in [-0.4, -0.2) is 16.1 Å². The molecule has 0 bridgehead atoms. The lowest BCUT2D eigenvalue weighted by Gasteiger charge is -2.12. The maximum absolute atomic E-state index is 13.9. The van der Waals surface area contributed by atoms with Gasteiger partial charge in [-0.2, -0.15) is 0 Å². The molecule has 0 unspecified atom stereocenters. The summed E-state index contributed by atoms with van der Waals surface area (Å²) in [5.41, 5.74) is -0.934. The summed E-state index contributed by atoms with van der Waals surface area (Å²) in [6.07, 6.45) is 0.903. The molecule has 1 aromatic carbocycles. The van der Waals surface area contributed by atoms with E-state index >= 15 is 0 Å². The predicted octanol–water partition coefficient (Wildman–Crippen LogP) is 4.06. The average molecular weight is 411 g/mol. The molecule has 0 aliphatic rings. The van der Waals surface area contributed by atoms with Gasteiger partial charge in [0.05, 0.1) is 11.4 Å². The molecule has 2 rings (SSSR count). The quantitative estimate of drug-likeness (QED) is 0.592. The Morgan fingerprint density at radius 2 is 2.10 bits per heavy atom. The van der Waals surface area contributed by atoms with Crippen molar-refractivity contribution in [3.05, 3.63) is 50.3 Å². The Kier molecular flexibility index (Phi) is 4.39. The van der Waals surface area contributed by atoms with E-state index in [1.165, 1.54) is 12.1 Å². The summed E-state index contributed by atoms with van der Waals surface area (Å²) in [6.45, 7) is 0. The fourth-order valence-electron chi connectivity index (χ4n) is 1.47. The highest BCUT2D eigenvalue weighted by molar-refractivity contribution is 14.1. The molecular weight excluding hydrogens is 404 g/mol. The summed E-state index contributed by atoms with van der Waals surface area (Å²) in [6, 6.07) is 4.19. The van der Waals surface area contributed by atoms with Crippen LogP contribution in [0.1, 0.15) is 10.4 Å². The topological polar surface area (TPSA) is 62.2 Å². The average Bonchev–Trinajstić information content (AvgIpc) is 2.37. The number of carboxylic acid groups (broad SMARTS) is 1. The molecule has 0 amide bonds. The largest absolute Gasteiger partial charge is 0.478 e. The van der Waals surface area contributed by atoms with Crippen LogP contribution in [0.15, 0.2) is 24.4 Å². The number of anilines is 2. The van der Waals surface area contributed by atoms with Crippen molar-refractivity contribution in [3.63, 3.8) is 0 Å². The second-order valence-electron chi connectivity index (χ2n) is 3.71. The summed E-state index contributed by atoms with van der Waals surface area (Å²) in [5, 5.41) is 10.9. The minimum atomic E-state index is -1.40. The summed E-state index contributed by atoms with van der Waals surface area (Å²) in [5.74, 6) is -3.09. The van der Waals surface area contributed by atoms with Gasteiger partial charge in [0.1, 0.15) is 11.4 Å². The lowest BCUT2D eigenvalue weighted by molar-refractivity contribution is 0.0697. The number of aromatic carboxylic acids is 1. The number of hydrogen-bond donors (Lipinski definition) is 2. The Labute approximate surface area is 130 Å². The lowest BCUT2D eigenvalue weighted by Crippen LogP contribution is -2.07. The molecule has 1 aromatic heterocycles. The molecule has 2 N–H and O–H groups in total. The number of benzene rings is 1. The van der Waals surface area contributed by atoms with Crippen LogP contribution in [0.25, 0.3) is 0 Å². The smallest absolute Gasteiger partial charge is 0.339 e. The van der Waals surface area contributed by atoms with Gasteiger partial charge in [0, 0.05) is 9.77 Å². The molecule has 1 heterocycles. The van der Waals surface area contributed by atoms with Crippen molar-refractivity contribution < 1.29 is 18.7 Å². The van der Waals surface area contributed by atoms with E-state index in [1.807, 2.05) is 22.6 Å². The second kappa shape index (κ2) is 5.88. The highest BCUT2D eigenvalue weighted by Crippen LogP contribution is 2.29. The fourth-order valence-corrected chi connectivity index (χ4v) is 2.07. The van der Waals surface area contributed by atoms with Crippen LogP contribution in [0.5, 0.6) is 0 Å². The van der Waals surface area contributed by atoms with Gasteiger partial charge >= 0.3 is 5.97 Å². The molecular formula is C12H6ClF2IN2O2. The Morgan fingerprint density at radius 1 is 1.40 bits per heavy atom. The van der Waals surface area contributed by atoms with Crippen LogP contribution in [-0.2, 0) is 0 Å². The van der Waals surface area contributed by atoms with E-state index in [1.54, 1.807) is 6.07 Å². The maximum Gasteiger partial charge on any atom is 0.339 e. The molecule has 4 nitrogen and oxygen atoms in total. The van der Waals surface area contributed by atoms with E-state index in [-0.39, 0.29) is 5.69 Å². The number of nitrogens with zero attached hydrogens (tertiary/aromatic N) is 1. The Bertz CT molecular complexity index is 697. The van der Waals surface area contributed by atoms with Crippen LogP contribution in [0.3, 0.4) is 0 Å². The molecule has 0 spiro atoms. The molecule has 0 radical (unpaired) electrons. The highest BCUT2D eigenvalue weighted by atomic mass is 127. The number of halogens is 4. The molecule has 0 atom stereocenters. The zero-order valence-electron chi connectivity index (χ0n) is 9.62. The number of carboxylic acids is 1. The van der Waals surface area contributed by atoms with E-state index in [0.29, 0.717) is 3.57 Å². The zero-order valence-corrected chi connectivity index (χ0v) is 12.5. The van der Waals surface area contributed by atoms with Gasteiger partial charge in [-0.3, -0.25) is 0 Å². The first-order valence-corrected chi connectivity index (χ1v) is 6.65. The molecule has 20 heavy (non-hydrogen) atoms. The van der Waals surface area contributed by atoms with E-state index < -0.39 is 34.0 Å². The molecule has 0 aliphatic carbocycles. The summed E-state index contributed by atoms with van der Waals surface area (Å²) in [4.78, 5) is 14.4. The molecule has 0 aliphatic heterocycles. The van der Waals surface area contributed by atoms with Crippen molar-refractivity contribution in [2.75, 3.05) is 5.32 Å². The molecule has 0 saturated heterocycles. The van der Waals surface area contributed by atoms with E-state index in [4.69, 9.17) is 16.7 Å². The van der Waals surface area contributed by atoms with E-state index in [9.17, 15) is 13.6 Å². The molecule has 2 aromatic rings. The predicted molar refractivity (Wildman–Crippen MR) is 78.6 cm³/mol. The highest BCUT2D eigenvalue weighted by Gasteiger charge is 2.19. The van der Waals surface area contributed by atoms with Crippen LogP contribution < -0.4 is 5.32 Å². The van der Waals surface area contributed by atoms with E-state index in [0.717, 1.165) is 6.20 Å². The van der Waals surface area contributed by atoms with Crippen LogP contribution in [0, 0.1) is 15.2 Å². The van der Waals surface area contributed by atoms with Crippen LogP contribution in [0.4, 0.5) is 20.2 Å².